The molecule has 0 aromatic rings. The summed E-state index contributed by atoms with van der Waals surface area (Å²) >= 11 is 0. The molecule has 6 heteroatoms. The number of hydrogen-bond donors (Lipinski definition) is 3. The van der Waals surface area contributed by atoms with Crippen LogP contribution in [0.1, 0.15) is 26.2 Å². The molecule has 0 aliphatic carbocycles. The van der Waals surface area contributed by atoms with Crippen LogP contribution in [0.2, 0.25) is 0 Å². The summed E-state index contributed by atoms with van der Waals surface area (Å²) < 4.78 is 0. The number of carbonyl (C=O) groups is 3. The molecule has 1 unspecified atom stereocenters. The van der Waals surface area contributed by atoms with Crippen LogP contribution < -0.4 is 16.0 Å². The molecule has 0 aromatic heterocycles. The van der Waals surface area contributed by atoms with Crippen molar-refractivity contribution in [2.75, 3.05) is 13.1 Å². The molecule has 0 bridgehead atoms. The van der Waals surface area contributed by atoms with Gasteiger partial charge in [0.15, 0.2) is 0 Å². The molecule has 6 nitrogen and oxygen atoms in total. The molecule has 0 aromatic carbocycles. The minimum atomic E-state index is -0.355. The van der Waals surface area contributed by atoms with Crippen molar-refractivity contribution in [3.63, 3.8) is 0 Å². The van der Waals surface area contributed by atoms with Crippen LogP contribution in [0.5, 0.6) is 0 Å². The van der Waals surface area contributed by atoms with E-state index in [0.29, 0.717) is 32.4 Å². The number of hydrogen-bond acceptors (Lipinski definition) is 4. The van der Waals surface area contributed by atoms with E-state index < -0.39 is 0 Å². The quantitative estimate of drug-likeness (QED) is 0.521. The average molecular weight is 227 g/mol. The first kappa shape index (κ1) is 12.6. The van der Waals surface area contributed by atoms with Crippen molar-refractivity contribution in [2.45, 2.75) is 32.2 Å². The Kier molecular flexibility index (Phi) is 4.91. The Hall–Kier alpha value is -1.43. The van der Waals surface area contributed by atoms with Gasteiger partial charge in [0.2, 0.25) is 17.7 Å². The van der Waals surface area contributed by atoms with Crippen LogP contribution in [-0.2, 0) is 14.4 Å². The maximum Gasteiger partial charge on any atom is 0.243 e. The summed E-state index contributed by atoms with van der Waals surface area (Å²) in [6, 6.07) is -0.355. The molecule has 1 fully saturated rings. The second-order valence-electron chi connectivity index (χ2n) is 3.66. The van der Waals surface area contributed by atoms with Gasteiger partial charge in [-0.05, 0) is 13.3 Å². The minimum absolute atomic E-state index is 0.0395. The van der Waals surface area contributed by atoms with Crippen molar-refractivity contribution in [3.05, 3.63) is 0 Å². The van der Waals surface area contributed by atoms with Gasteiger partial charge < -0.3 is 10.6 Å². The Bertz CT molecular complexity index is 291. The van der Waals surface area contributed by atoms with Gasteiger partial charge in [-0.3, -0.25) is 19.7 Å². The molecule has 3 amide bonds. The molecule has 0 radical (unpaired) electrons. The summed E-state index contributed by atoms with van der Waals surface area (Å²) in [5.41, 5.74) is 0. The fourth-order valence-corrected chi connectivity index (χ4v) is 1.53. The first-order valence-electron chi connectivity index (χ1n) is 5.47. The zero-order valence-corrected chi connectivity index (χ0v) is 9.34. The molecule has 90 valence electrons. The molecule has 0 saturated carbocycles. The molecule has 1 rings (SSSR count). The number of amides is 3. The third-order valence-corrected chi connectivity index (χ3v) is 2.36. The molecular weight excluding hydrogens is 210 g/mol. The molecule has 1 atom stereocenters. The molecule has 16 heavy (non-hydrogen) atoms. The maximum absolute atomic E-state index is 11.3. The lowest BCUT2D eigenvalue weighted by atomic mass is 10.1. The van der Waals surface area contributed by atoms with Crippen LogP contribution in [0, 0.1) is 0 Å². The van der Waals surface area contributed by atoms with Crippen molar-refractivity contribution in [3.8, 4) is 0 Å². The van der Waals surface area contributed by atoms with Gasteiger partial charge in [-0.25, -0.2) is 0 Å². The van der Waals surface area contributed by atoms with Crippen LogP contribution in [0.15, 0.2) is 0 Å². The van der Waals surface area contributed by atoms with Crippen LogP contribution in [0.25, 0.3) is 0 Å². The lowest BCUT2D eigenvalue weighted by molar-refractivity contribution is -0.135. The fraction of sp³-hybridized carbons (Fsp3) is 0.700. The zero-order valence-electron chi connectivity index (χ0n) is 9.34. The minimum Gasteiger partial charge on any atom is -0.356 e. The SMILES string of the molecule is CCNC(=O)CCNC1CCC(=O)NC1=O. The highest BCUT2D eigenvalue weighted by molar-refractivity contribution is 6.00. The van der Waals surface area contributed by atoms with Crippen molar-refractivity contribution in [1.82, 2.24) is 16.0 Å². The Morgan fingerprint density at radius 3 is 2.88 bits per heavy atom. The first-order valence-corrected chi connectivity index (χ1v) is 5.47. The van der Waals surface area contributed by atoms with Gasteiger partial charge in [-0.15, -0.1) is 0 Å². The summed E-state index contributed by atoms with van der Waals surface area (Å²) in [6.45, 7) is 2.90. The molecule has 1 heterocycles. The van der Waals surface area contributed by atoms with Crippen LogP contribution in [-0.4, -0.2) is 36.9 Å². The lowest BCUT2D eigenvalue weighted by Gasteiger charge is -2.21. The van der Waals surface area contributed by atoms with Crippen LogP contribution in [0.3, 0.4) is 0 Å². The standard InChI is InChI=1S/C10H17N3O3/c1-2-11-8(14)5-6-12-7-3-4-9(15)13-10(7)16/h7,12H,2-6H2,1H3,(H,11,14)(H,13,15,16). The highest BCUT2D eigenvalue weighted by atomic mass is 16.2. The highest BCUT2D eigenvalue weighted by Gasteiger charge is 2.25. The molecular formula is C10H17N3O3. The Labute approximate surface area is 94.2 Å². The summed E-state index contributed by atoms with van der Waals surface area (Å²) in [7, 11) is 0. The van der Waals surface area contributed by atoms with Crippen LogP contribution in [0.4, 0.5) is 0 Å². The fourth-order valence-electron chi connectivity index (χ4n) is 1.53. The predicted octanol–water partition coefficient (Wildman–Crippen LogP) is -1.09. The number of carbonyl (C=O) groups excluding carboxylic acids is 3. The van der Waals surface area contributed by atoms with E-state index in [-0.39, 0.29) is 23.8 Å². The van der Waals surface area contributed by atoms with Gasteiger partial charge >= 0.3 is 0 Å². The van der Waals surface area contributed by atoms with E-state index >= 15 is 0 Å². The molecule has 3 N–H and O–H groups in total. The molecule has 1 aliphatic heterocycles. The second-order valence-corrected chi connectivity index (χ2v) is 3.66. The van der Waals surface area contributed by atoms with E-state index in [2.05, 4.69) is 16.0 Å². The Balaban J connectivity index is 2.20. The van der Waals surface area contributed by atoms with E-state index in [4.69, 9.17) is 0 Å². The third kappa shape index (κ3) is 3.98. The average Bonchev–Trinajstić information content (AvgIpc) is 2.22. The van der Waals surface area contributed by atoms with E-state index in [9.17, 15) is 14.4 Å². The van der Waals surface area contributed by atoms with Gasteiger partial charge in [-0.1, -0.05) is 0 Å². The summed E-state index contributed by atoms with van der Waals surface area (Å²) in [6.07, 6.45) is 1.19. The number of nitrogens with one attached hydrogen (secondary N) is 3. The molecule has 0 spiro atoms. The predicted molar refractivity (Wildman–Crippen MR) is 57.5 cm³/mol. The summed E-state index contributed by atoms with van der Waals surface area (Å²) in [5.74, 6) is -0.568. The topological polar surface area (TPSA) is 87.3 Å². The number of piperidine rings is 1. The Morgan fingerprint density at radius 1 is 1.50 bits per heavy atom. The highest BCUT2D eigenvalue weighted by Crippen LogP contribution is 2.03. The monoisotopic (exact) mass is 227 g/mol. The number of rotatable bonds is 5. The summed E-state index contributed by atoms with van der Waals surface area (Å²) in [4.78, 5) is 33.3. The van der Waals surface area contributed by atoms with Gasteiger partial charge in [0.1, 0.15) is 0 Å². The lowest BCUT2D eigenvalue weighted by Crippen LogP contribution is -2.51. The van der Waals surface area contributed by atoms with Crippen molar-refractivity contribution in [1.29, 1.82) is 0 Å². The third-order valence-electron chi connectivity index (χ3n) is 2.36. The largest absolute Gasteiger partial charge is 0.356 e. The normalized spacial score (nSPS) is 20.4. The van der Waals surface area contributed by atoms with E-state index in [1.165, 1.54) is 0 Å². The molecule has 1 saturated heterocycles. The van der Waals surface area contributed by atoms with Crippen molar-refractivity contribution >= 4 is 17.7 Å². The first-order chi connectivity index (χ1) is 7.63. The van der Waals surface area contributed by atoms with Gasteiger partial charge in [0.05, 0.1) is 6.04 Å². The number of imide groups is 1. The van der Waals surface area contributed by atoms with Gasteiger partial charge in [-0.2, -0.15) is 0 Å². The van der Waals surface area contributed by atoms with Crippen molar-refractivity contribution in [2.24, 2.45) is 0 Å². The summed E-state index contributed by atoms with van der Waals surface area (Å²) in [5, 5.41) is 7.88. The second kappa shape index (κ2) is 6.22. The smallest absolute Gasteiger partial charge is 0.243 e. The molecule has 1 aliphatic rings. The van der Waals surface area contributed by atoms with Crippen molar-refractivity contribution < 1.29 is 14.4 Å². The maximum atomic E-state index is 11.3. The van der Waals surface area contributed by atoms with E-state index in [0.717, 1.165) is 0 Å². The van der Waals surface area contributed by atoms with E-state index in [1.54, 1.807) is 0 Å². The van der Waals surface area contributed by atoms with Crippen LogP contribution >= 0.6 is 0 Å². The van der Waals surface area contributed by atoms with Gasteiger partial charge in [0.25, 0.3) is 0 Å². The van der Waals surface area contributed by atoms with E-state index in [1.807, 2.05) is 6.92 Å². The zero-order chi connectivity index (χ0) is 12.0. The van der Waals surface area contributed by atoms with Gasteiger partial charge in [0, 0.05) is 25.9 Å². The Morgan fingerprint density at radius 2 is 2.25 bits per heavy atom.